The Hall–Kier alpha value is -2.18. The number of hydrogen-bond acceptors (Lipinski definition) is 5. The van der Waals surface area contributed by atoms with Crippen LogP contribution >= 0.6 is 11.3 Å². The summed E-state index contributed by atoms with van der Waals surface area (Å²) in [5.74, 6) is -0.542. The van der Waals surface area contributed by atoms with Gasteiger partial charge in [-0.1, -0.05) is 12.1 Å². The fourth-order valence-electron chi connectivity index (χ4n) is 2.30. The van der Waals surface area contributed by atoms with Crippen molar-refractivity contribution < 1.29 is 14.3 Å². The Morgan fingerprint density at radius 1 is 1.33 bits per heavy atom. The molecule has 2 aromatic rings. The van der Waals surface area contributed by atoms with E-state index in [1.54, 1.807) is 29.5 Å². The summed E-state index contributed by atoms with van der Waals surface area (Å²) in [6, 6.07) is 9.35. The average molecular weight is 346 g/mol. The Balaban J connectivity index is 2.03. The highest BCUT2D eigenvalue weighted by Crippen LogP contribution is 2.23. The minimum absolute atomic E-state index is 0.119. The van der Waals surface area contributed by atoms with E-state index in [-0.39, 0.29) is 18.5 Å². The molecule has 5 nitrogen and oxygen atoms in total. The first-order valence-electron chi connectivity index (χ1n) is 7.65. The number of likely N-dealkylation sites (N-methyl/N-ethyl adjacent to an activating group) is 1. The van der Waals surface area contributed by atoms with Gasteiger partial charge in [0.1, 0.15) is 0 Å². The van der Waals surface area contributed by atoms with Crippen LogP contribution in [0.25, 0.3) is 0 Å². The molecule has 1 aromatic carbocycles. The average Bonchev–Trinajstić information content (AvgIpc) is 3.09. The summed E-state index contributed by atoms with van der Waals surface area (Å²) >= 11 is 1.68. The molecule has 0 saturated carbocycles. The molecule has 1 aromatic heterocycles. The van der Waals surface area contributed by atoms with Gasteiger partial charge in [-0.3, -0.25) is 9.69 Å². The van der Waals surface area contributed by atoms with E-state index >= 15 is 0 Å². The Bertz CT molecular complexity index is 713. The van der Waals surface area contributed by atoms with Crippen LogP contribution in [0.15, 0.2) is 35.7 Å². The van der Waals surface area contributed by atoms with E-state index in [1.807, 2.05) is 30.3 Å². The number of esters is 1. The van der Waals surface area contributed by atoms with Crippen molar-refractivity contribution in [1.29, 1.82) is 0 Å². The standard InChI is InChI=1S/C18H22N2O3S/c1-12-7-8-14(18(22)23-4)10-15(12)19-17(21)11-20(3)13(2)16-6-5-9-24-16/h5-10,13H,11H2,1-4H3,(H,19,21). The highest BCUT2D eigenvalue weighted by atomic mass is 32.1. The Labute approximate surface area is 146 Å². The van der Waals surface area contributed by atoms with Crippen LogP contribution in [0, 0.1) is 6.92 Å². The first-order chi connectivity index (χ1) is 11.4. The SMILES string of the molecule is COC(=O)c1ccc(C)c(NC(=O)CN(C)C(C)c2cccs2)c1. The topological polar surface area (TPSA) is 58.6 Å². The molecule has 0 saturated heterocycles. The fourth-order valence-corrected chi connectivity index (χ4v) is 3.15. The van der Waals surface area contributed by atoms with Crippen LogP contribution in [0.4, 0.5) is 5.69 Å². The van der Waals surface area contributed by atoms with Gasteiger partial charge in [-0.25, -0.2) is 4.79 Å². The second-order valence-corrected chi connectivity index (χ2v) is 6.66. The lowest BCUT2D eigenvalue weighted by Crippen LogP contribution is -2.32. The van der Waals surface area contributed by atoms with E-state index in [1.165, 1.54) is 12.0 Å². The second-order valence-electron chi connectivity index (χ2n) is 5.68. The maximum absolute atomic E-state index is 12.3. The zero-order valence-electron chi connectivity index (χ0n) is 14.3. The van der Waals surface area contributed by atoms with E-state index in [2.05, 4.69) is 18.3 Å². The summed E-state index contributed by atoms with van der Waals surface area (Å²) < 4.78 is 4.71. The van der Waals surface area contributed by atoms with Crippen LogP contribution in [0.2, 0.25) is 0 Å². The Kier molecular flexibility index (Phi) is 6.11. The lowest BCUT2D eigenvalue weighted by Gasteiger charge is -2.23. The lowest BCUT2D eigenvalue weighted by atomic mass is 10.1. The van der Waals surface area contributed by atoms with Crippen molar-refractivity contribution in [3.63, 3.8) is 0 Å². The predicted molar refractivity (Wildman–Crippen MR) is 96.5 cm³/mol. The van der Waals surface area contributed by atoms with Gasteiger partial charge < -0.3 is 10.1 Å². The molecule has 128 valence electrons. The van der Waals surface area contributed by atoms with Crippen LogP contribution < -0.4 is 5.32 Å². The van der Waals surface area contributed by atoms with Crippen LogP contribution in [0.5, 0.6) is 0 Å². The third kappa shape index (κ3) is 4.43. The van der Waals surface area contributed by atoms with Crippen molar-refractivity contribution in [2.75, 3.05) is 26.0 Å². The molecule has 1 N–H and O–H groups in total. The third-order valence-corrected chi connectivity index (χ3v) is 4.98. The number of benzene rings is 1. The molecule has 1 unspecified atom stereocenters. The van der Waals surface area contributed by atoms with Gasteiger partial charge >= 0.3 is 5.97 Å². The number of aryl methyl sites for hydroxylation is 1. The number of nitrogens with zero attached hydrogens (tertiary/aromatic N) is 1. The molecule has 1 heterocycles. The van der Waals surface area contributed by atoms with Gasteiger partial charge in [0.25, 0.3) is 0 Å². The number of thiophene rings is 1. The molecule has 0 bridgehead atoms. The molecule has 24 heavy (non-hydrogen) atoms. The number of rotatable bonds is 6. The molecular weight excluding hydrogens is 324 g/mol. The van der Waals surface area contributed by atoms with Crippen LogP contribution in [-0.4, -0.2) is 37.5 Å². The van der Waals surface area contributed by atoms with Crippen LogP contribution in [0.1, 0.15) is 33.8 Å². The maximum Gasteiger partial charge on any atom is 0.337 e. The molecule has 0 fully saturated rings. The van der Waals surface area contributed by atoms with Crippen molar-refractivity contribution in [3.05, 3.63) is 51.7 Å². The molecule has 0 aliphatic carbocycles. The van der Waals surface area contributed by atoms with Crippen molar-refractivity contribution >= 4 is 28.9 Å². The molecule has 0 aliphatic rings. The first-order valence-corrected chi connectivity index (χ1v) is 8.52. The van der Waals surface area contributed by atoms with Gasteiger partial charge in [0, 0.05) is 16.6 Å². The van der Waals surface area contributed by atoms with E-state index in [0.717, 1.165) is 5.56 Å². The van der Waals surface area contributed by atoms with Crippen molar-refractivity contribution in [2.24, 2.45) is 0 Å². The predicted octanol–water partition coefficient (Wildman–Crippen LogP) is 3.47. The van der Waals surface area contributed by atoms with Gasteiger partial charge in [-0.15, -0.1) is 11.3 Å². The minimum atomic E-state index is -0.422. The molecule has 0 spiro atoms. The number of ether oxygens (including phenoxy) is 1. The van der Waals surface area contributed by atoms with Gasteiger partial charge in [-0.05, 0) is 50.0 Å². The highest BCUT2D eigenvalue weighted by Gasteiger charge is 2.16. The van der Waals surface area contributed by atoms with Gasteiger partial charge in [-0.2, -0.15) is 0 Å². The second kappa shape index (κ2) is 8.08. The van der Waals surface area contributed by atoms with E-state index in [0.29, 0.717) is 11.3 Å². The number of anilines is 1. The number of carbonyl (C=O) groups excluding carboxylic acids is 2. The first kappa shape index (κ1) is 18.2. The van der Waals surface area contributed by atoms with E-state index in [9.17, 15) is 9.59 Å². The fraction of sp³-hybridized carbons (Fsp3) is 0.333. The maximum atomic E-state index is 12.3. The van der Waals surface area contributed by atoms with Gasteiger partial charge in [0.15, 0.2) is 0 Å². The minimum Gasteiger partial charge on any atom is -0.465 e. The largest absolute Gasteiger partial charge is 0.465 e. The molecule has 0 aliphatic heterocycles. The number of nitrogens with one attached hydrogen (secondary N) is 1. The number of carbonyl (C=O) groups is 2. The third-order valence-electron chi connectivity index (χ3n) is 3.94. The van der Waals surface area contributed by atoms with E-state index < -0.39 is 5.97 Å². The summed E-state index contributed by atoms with van der Waals surface area (Å²) in [5.41, 5.74) is 1.93. The molecule has 6 heteroatoms. The summed E-state index contributed by atoms with van der Waals surface area (Å²) in [6.45, 7) is 4.22. The lowest BCUT2D eigenvalue weighted by molar-refractivity contribution is -0.117. The normalized spacial score (nSPS) is 12.0. The summed E-state index contributed by atoms with van der Waals surface area (Å²) in [7, 11) is 3.25. The molecule has 1 amide bonds. The number of amides is 1. The zero-order valence-corrected chi connectivity index (χ0v) is 15.1. The van der Waals surface area contributed by atoms with Crippen LogP contribution in [-0.2, 0) is 9.53 Å². The molecule has 1 atom stereocenters. The molecule has 0 radical (unpaired) electrons. The summed E-state index contributed by atoms with van der Waals surface area (Å²) in [6.07, 6.45) is 0. The Morgan fingerprint density at radius 3 is 2.71 bits per heavy atom. The highest BCUT2D eigenvalue weighted by molar-refractivity contribution is 7.10. The zero-order chi connectivity index (χ0) is 17.7. The summed E-state index contributed by atoms with van der Waals surface area (Å²) in [4.78, 5) is 27.2. The van der Waals surface area contributed by atoms with Gasteiger partial charge in [0.2, 0.25) is 5.91 Å². The number of hydrogen-bond donors (Lipinski definition) is 1. The molecular formula is C18H22N2O3S. The summed E-state index contributed by atoms with van der Waals surface area (Å²) in [5, 5.41) is 4.90. The van der Waals surface area contributed by atoms with Crippen molar-refractivity contribution in [1.82, 2.24) is 4.90 Å². The Morgan fingerprint density at radius 2 is 2.08 bits per heavy atom. The monoisotopic (exact) mass is 346 g/mol. The van der Waals surface area contributed by atoms with Gasteiger partial charge in [0.05, 0.1) is 19.2 Å². The van der Waals surface area contributed by atoms with Crippen molar-refractivity contribution in [3.8, 4) is 0 Å². The quantitative estimate of drug-likeness (QED) is 0.814. The van der Waals surface area contributed by atoms with Crippen LogP contribution in [0.3, 0.4) is 0 Å². The van der Waals surface area contributed by atoms with E-state index in [4.69, 9.17) is 4.74 Å². The molecule has 2 rings (SSSR count). The number of methoxy groups -OCH3 is 1. The van der Waals surface area contributed by atoms with Crippen molar-refractivity contribution in [2.45, 2.75) is 19.9 Å². The smallest absolute Gasteiger partial charge is 0.337 e.